The van der Waals surface area contributed by atoms with E-state index in [-0.39, 0.29) is 0 Å². The van der Waals surface area contributed by atoms with Gasteiger partial charge in [0.2, 0.25) is 0 Å². The molecule has 0 fully saturated rings. The molecule has 1 aromatic rings. The first-order chi connectivity index (χ1) is 7.84. The van der Waals surface area contributed by atoms with Crippen LogP contribution in [0.5, 0.6) is 0 Å². The highest BCUT2D eigenvalue weighted by Crippen LogP contribution is 2.10. The van der Waals surface area contributed by atoms with Gasteiger partial charge in [-0.15, -0.1) is 0 Å². The van der Waals surface area contributed by atoms with Crippen LogP contribution in [0.4, 0.5) is 0 Å². The number of aliphatic hydroxyl groups is 1. The molecule has 90 valence electrons. The molecule has 0 saturated carbocycles. The summed E-state index contributed by atoms with van der Waals surface area (Å²) < 4.78 is 5.22. The van der Waals surface area contributed by atoms with Gasteiger partial charge in [0, 0.05) is 19.8 Å². The van der Waals surface area contributed by atoms with Gasteiger partial charge in [-0.2, -0.15) is 0 Å². The lowest BCUT2D eigenvalue weighted by atomic mass is 10.1. The predicted octanol–water partition coefficient (Wildman–Crippen LogP) is 1.74. The molecule has 3 heteroatoms. The molecule has 0 saturated heterocycles. The van der Waals surface area contributed by atoms with Crippen molar-refractivity contribution in [3.63, 3.8) is 0 Å². The number of hydrogen-bond acceptors (Lipinski definition) is 3. The van der Waals surface area contributed by atoms with Gasteiger partial charge in [0.25, 0.3) is 0 Å². The van der Waals surface area contributed by atoms with Crippen molar-refractivity contribution in [1.29, 1.82) is 0 Å². The molecule has 0 amide bonds. The highest BCUT2D eigenvalue weighted by atomic mass is 16.5. The Bertz CT molecular complexity index is 264. The molecule has 2 N–H and O–H groups in total. The van der Waals surface area contributed by atoms with Crippen LogP contribution in [0.1, 0.15) is 25.0 Å². The monoisotopic (exact) mass is 223 g/mol. The molecule has 1 aromatic carbocycles. The molecule has 0 aliphatic rings. The summed E-state index contributed by atoms with van der Waals surface area (Å²) in [5.41, 5.74) is 0.958. The van der Waals surface area contributed by atoms with Crippen molar-refractivity contribution in [2.24, 2.45) is 0 Å². The minimum absolute atomic E-state index is 0.423. The molecule has 0 unspecified atom stereocenters. The molecule has 1 rings (SSSR count). The van der Waals surface area contributed by atoms with Gasteiger partial charge in [-0.25, -0.2) is 0 Å². The van der Waals surface area contributed by atoms with Crippen molar-refractivity contribution < 1.29 is 9.84 Å². The van der Waals surface area contributed by atoms with Gasteiger partial charge in [0.05, 0.1) is 6.10 Å². The maximum atomic E-state index is 9.83. The third-order valence-corrected chi connectivity index (χ3v) is 2.37. The average Bonchev–Trinajstić information content (AvgIpc) is 2.34. The minimum Gasteiger partial charge on any atom is -0.387 e. The fourth-order valence-corrected chi connectivity index (χ4v) is 1.48. The highest BCUT2D eigenvalue weighted by molar-refractivity contribution is 5.17. The van der Waals surface area contributed by atoms with Crippen LogP contribution >= 0.6 is 0 Å². The van der Waals surface area contributed by atoms with Crippen molar-refractivity contribution in [1.82, 2.24) is 5.32 Å². The van der Waals surface area contributed by atoms with Gasteiger partial charge >= 0.3 is 0 Å². The summed E-state index contributed by atoms with van der Waals surface area (Å²) >= 11 is 0. The summed E-state index contributed by atoms with van der Waals surface area (Å²) in [7, 11) is 0. The molecule has 16 heavy (non-hydrogen) atoms. The molecule has 0 spiro atoms. The quantitative estimate of drug-likeness (QED) is 0.660. The van der Waals surface area contributed by atoms with E-state index >= 15 is 0 Å². The van der Waals surface area contributed by atoms with Crippen molar-refractivity contribution in [2.45, 2.75) is 19.4 Å². The maximum Gasteiger partial charge on any atom is 0.0914 e. The second-order valence-electron chi connectivity index (χ2n) is 3.68. The van der Waals surface area contributed by atoms with Crippen molar-refractivity contribution in [3.8, 4) is 0 Å². The van der Waals surface area contributed by atoms with Gasteiger partial charge in [-0.3, -0.25) is 0 Å². The average molecular weight is 223 g/mol. The molecular weight excluding hydrogens is 202 g/mol. The molecule has 0 aliphatic carbocycles. The lowest BCUT2D eigenvalue weighted by molar-refractivity contribution is 0.141. The van der Waals surface area contributed by atoms with Crippen LogP contribution in [0.2, 0.25) is 0 Å². The second-order valence-corrected chi connectivity index (χ2v) is 3.68. The lowest BCUT2D eigenvalue weighted by Gasteiger charge is -2.11. The lowest BCUT2D eigenvalue weighted by Crippen LogP contribution is -2.23. The summed E-state index contributed by atoms with van der Waals surface area (Å²) in [5, 5.41) is 13.0. The van der Waals surface area contributed by atoms with E-state index in [2.05, 4.69) is 5.32 Å². The first-order valence-electron chi connectivity index (χ1n) is 5.86. The van der Waals surface area contributed by atoms with E-state index in [0.717, 1.165) is 31.7 Å². The van der Waals surface area contributed by atoms with Gasteiger partial charge in [-0.1, -0.05) is 30.3 Å². The fourth-order valence-electron chi connectivity index (χ4n) is 1.48. The Balaban J connectivity index is 2.09. The van der Waals surface area contributed by atoms with Crippen LogP contribution < -0.4 is 5.32 Å². The molecule has 1 atom stereocenters. The Hall–Kier alpha value is -0.900. The first-order valence-corrected chi connectivity index (χ1v) is 5.86. The van der Waals surface area contributed by atoms with Crippen LogP contribution in [0.3, 0.4) is 0 Å². The smallest absolute Gasteiger partial charge is 0.0914 e. The van der Waals surface area contributed by atoms with E-state index in [0.29, 0.717) is 6.54 Å². The fraction of sp³-hybridized carbons (Fsp3) is 0.538. The van der Waals surface area contributed by atoms with Gasteiger partial charge in [0.1, 0.15) is 0 Å². The standard InChI is InChI=1S/C13H21NO2/c1-2-16-10-6-9-14-11-13(15)12-7-4-3-5-8-12/h3-5,7-8,13-15H,2,6,9-11H2,1H3/t13-/m0/s1. The van der Waals surface area contributed by atoms with E-state index in [1.165, 1.54) is 0 Å². The van der Waals surface area contributed by atoms with E-state index in [4.69, 9.17) is 4.74 Å². The third-order valence-electron chi connectivity index (χ3n) is 2.37. The minimum atomic E-state index is -0.423. The zero-order chi connectivity index (χ0) is 11.6. The topological polar surface area (TPSA) is 41.5 Å². The van der Waals surface area contributed by atoms with E-state index in [9.17, 15) is 5.11 Å². The third kappa shape index (κ3) is 5.26. The summed E-state index contributed by atoms with van der Waals surface area (Å²) in [6.45, 7) is 5.02. The number of nitrogens with one attached hydrogen (secondary N) is 1. The normalized spacial score (nSPS) is 12.6. The van der Waals surface area contributed by atoms with Gasteiger partial charge < -0.3 is 15.2 Å². The molecule has 0 radical (unpaired) electrons. The van der Waals surface area contributed by atoms with Crippen LogP contribution in [0.25, 0.3) is 0 Å². The van der Waals surface area contributed by atoms with Crippen LogP contribution in [-0.4, -0.2) is 31.4 Å². The summed E-state index contributed by atoms with van der Waals surface area (Å²) in [6.07, 6.45) is 0.559. The van der Waals surface area contributed by atoms with Crippen molar-refractivity contribution in [3.05, 3.63) is 35.9 Å². The van der Waals surface area contributed by atoms with E-state index in [1.54, 1.807) is 0 Å². The predicted molar refractivity (Wildman–Crippen MR) is 65.4 cm³/mol. The number of benzene rings is 1. The number of aliphatic hydroxyl groups excluding tert-OH is 1. The molecule has 3 nitrogen and oxygen atoms in total. The number of ether oxygens (including phenoxy) is 1. The zero-order valence-corrected chi connectivity index (χ0v) is 9.86. The summed E-state index contributed by atoms with van der Waals surface area (Å²) in [6, 6.07) is 9.70. The molecular formula is C13H21NO2. The van der Waals surface area contributed by atoms with Crippen LogP contribution in [0, 0.1) is 0 Å². The van der Waals surface area contributed by atoms with E-state index in [1.807, 2.05) is 37.3 Å². The second kappa shape index (κ2) is 8.28. The van der Waals surface area contributed by atoms with Crippen LogP contribution in [-0.2, 0) is 4.74 Å². The molecule has 0 heterocycles. The number of rotatable bonds is 8. The zero-order valence-electron chi connectivity index (χ0n) is 9.86. The Labute approximate surface area is 97.4 Å². The SMILES string of the molecule is CCOCCCNC[C@H](O)c1ccccc1. The van der Waals surface area contributed by atoms with Crippen LogP contribution in [0.15, 0.2) is 30.3 Å². The summed E-state index contributed by atoms with van der Waals surface area (Å²) in [4.78, 5) is 0. The highest BCUT2D eigenvalue weighted by Gasteiger charge is 2.04. The Kier molecular flexibility index (Phi) is 6.81. The maximum absolute atomic E-state index is 9.83. The van der Waals surface area contributed by atoms with E-state index < -0.39 is 6.10 Å². The first kappa shape index (κ1) is 13.2. The Morgan fingerprint density at radius 1 is 1.31 bits per heavy atom. The Morgan fingerprint density at radius 2 is 2.06 bits per heavy atom. The van der Waals surface area contributed by atoms with Gasteiger partial charge in [-0.05, 0) is 25.5 Å². The number of hydrogen-bond donors (Lipinski definition) is 2. The Morgan fingerprint density at radius 3 is 2.75 bits per heavy atom. The molecule has 0 bridgehead atoms. The van der Waals surface area contributed by atoms with Gasteiger partial charge in [0.15, 0.2) is 0 Å². The molecule has 0 aliphatic heterocycles. The molecule has 0 aromatic heterocycles. The summed E-state index contributed by atoms with van der Waals surface area (Å²) in [5.74, 6) is 0. The largest absolute Gasteiger partial charge is 0.387 e. The van der Waals surface area contributed by atoms with Crippen molar-refractivity contribution in [2.75, 3.05) is 26.3 Å². The van der Waals surface area contributed by atoms with Crippen molar-refractivity contribution >= 4 is 0 Å².